The molecule has 1 heterocycles. The SMILES string of the molecule is CC1(C)C(=O)Nc2c([N+](=O)[O-])ccc(Cl)c21. The van der Waals surface area contributed by atoms with Crippen LogP contribution in [0.5, 0.6) is 0 Å². The topological polar surface area (TPSA) is 72.2 Å². The molecule has 6 heteroatoms. The molecule has 1 N–H and O–H groups in total. The van der Waals surface area contributed by atoms with Crippen molar-refractivity contribution in [1.29, 1.82) is 0 Å². The first-order valence-electron chi connectivity index (χ1n) is 4.64. The first-order chi connectivity index (χ1) is 7.35. The smallest absolute Gasteiger partial charge is 0.293 e. The van der Waals surface area contributed by atoms with E-state index in [0.29, 0.717) is 10.6 Å². The van der Waals surface area contributed by atoms with Crippen molar-refractivity contribution in [3.63, 3.8) is 0 Å². The van der Waals surface area contributed by atoms with Gasteiger partial charge in [0.05, 0.1) is 10.3 Å². The summed E-state index contributed by atoms with van der Waals surface area (Å²) >= 11 is 5.98. The van der Waals surface area contributed by atoms with Crippen LogP contribution in [0.25, 0.3) is 0 Å². The highest BCUT2D eigenvalue weighted by Gasteiger charge is 2.43. The molecular formula is C10H9ClN2O3. The lowest BCUT2D eigenvalue weighted by atomic mass is 9.86. The molecule has 0 bridgehead atoms. The van der Waals surface area contributed by atoms with Crippen molar-refractivity contribution < 1.29 is 9.72 Å². The maximum absolute atomic E-state index is 11.7. The fourth-order valence-electron chi connectivity index (χ4n) is 1.84. The number of anilines is 1. The van der Waals surface area contributed by atoms with E-state index in [-0.39, 0.29) is 17.3 Å². The van der Waals surface area contributed by atoms with Gasteiger partial charge in [0.2, 0.25) is 5.91 Å². The summed E-state index contributed by atoms with van der Waals surface area (Å²) < 4.78 is 0. The Morgan fingerprint density at radius 1 is 1.44 bits per heavy atom. The van der Waals surface area contributed by atoms with Crippen LogP contribution in [0.15, 0.2) is 12.1 Å². The van der Waals surface area contributed by atoms with Crippen LogP contribution in [-0.4, -0.2) is 10.8 Å². The quantitative estimate of drug-likeness (QED) is 0.605. The molecule has 1 aromatic carbocycles. The van der Waals surface area contributed by atoms with Gasteiger partial charge in [-0.25, -0.2) is 0 Å². The van der Waals surface area contributed by atoms with Crippen LogP contribution in [0.3, 0.4) is 0 Å². The molecule has 1 amide bonds. The first-order valence-corrected chi connectivity index (χ1v) is 5.02. The molecule has 0 saturated carbocycles. The van der Waals surface area contributed by atoms with Gasteiger partial charge in [0, 0.05) is 16.7 Å². The number of nitro benzene ring substituents is 1. The van der Waals surface area contributed by atoms with E-state index in [1.165, 1.54) is 12.1 Å². The molecule has 2 rings (SSSR count). The highest BCUT2D eigenvalue weighted by molar-refractivity contribution is 6.33. The van der Waals surface area contributed by atoms with Crippen molar-refractivity contribution in [2.75, 3.05) is 5.32 Å². The Morgan fingerprint density at radius 2 is 2.06 bits per heavy atom. The second-order valence-corrected chi connectivity index (χ2v) is 4.56. The normalized spacial score (nSPS) is 16.8. The van der Waals surface area contributed by atoms with Crippen LogP contribution in [0.4, 0.5) is 11.4 Å². The van der Waals surface area contributed by atoms with E-state index in [0.717, 1.165) is 0 Å². The first kappa shape index (κ1) is 10.9. The van der Waals surface area contributed by atoms with Gasteiger partial charge in [-0.1, -0.05) is 11.6 Å². The number of benzene rings is 1. The van der Waals surface area contributed by atoms with Crippen molar-refractivity contribution in [1.82, 2.24) is 0 Å². The fraction of sp³-hybridized carbons (Fsp3) is 0.300. The van der Waals surface area contributed by atoms with Crippen LogP contribution in [0.1, 0.15) is 19.4 Å². The minimum Gasteiger partial charge on any atom is -0.319 e. The van der Waals surface area contributed by atoms with Gasteiger partial charge >= 0.3 is 0 Å². The summed E-state index contributed by atoms with van der Waals surface area (Å²) in [5.74, 6) is -0.279. The predicted octanol–water partition coefficient (Wildman–Crippen LogP) is 2.48. The van der Waals surface area contributed by atoms with Gasteiger partial charge in [0.15, 0.2) is 0 Å². The molecule has 0 aromatic heterocycles. The van der Waals surface area contributed by atoms with Crippen molar-refractivity contribution in [3.05, 3.63) is 32.8 Å². The number of nitro groups is 1. The lowest BCUT2D eigenvalue weighted by molar-refractivity contribution is -0.383. The summed E-state index contributed by atoms with van der Waals surface area (Å²) in [6.07, 6.45) is 0. The molecular weight excluding hydrogens is 232 g/mol. The summed E-state index contributed by atoms with van der Waals surface area (Å²) in [7, 11) is 0. The molecule has 0 aliphatic carbocycles. The number of carbonyl (C=O) groups excluding carboxylic acids is 1. The van der Waals surface area contributed by atoms with Crippen molar-refractivity contribution >= 4 is 28.9 Å². The Hall–Kier alpha value is -1.62. The monoisotopic (exact) mass is 240 g/mol. The largest absolute Gasteiger partial charge is 0.319 e. The average molecular weight is 241 g/mol. The third-order valence-electron chi connectivity index (χ3n) is 2.76. The van der Waals surface area contributed by atoms with Crippen LogP contribution in [0.2, 0.25) is 5.02 Å². The molecule has 5 nitrogen and oxygen atoms in total. The Morgan fingerprint density at radius 3 is 2.62 bits per heavy atom. The predicted molar refractivity (Wildman–Crippen MR) is 59.8 cm³/mol. The third kappa shape index (κ3) is 1.28. The number of carbonyl (C=O) groups is 1. The summed E-state index contributed by atoms with van der Waals surface area (Å²) in [6.45, 7) is 3.37. The molecule has 0 fully saturated rings. The number of halogens is 1. The van der Waals surface area contributed by atoms with Crippen LogP contribution in [-0.2, 0) is 10.2 Å². The Bertz CT molecular complexity index is 511. The standard InChI is InChI=1S/C10H9ClN2O3/c1-10(2)7-5(11)3-4-6(13(15)16)8(7)12-9(10)14/h3-4H,1-2H3,(H,12,14). The number of hydrogen-bond acceptors (Lipinski definition) is 3. The lowest BCUT2D eigenvalue weighted by Crippen LogP contribution is -2.27. The van der Waals surface area contributed by atoms with E-state index in [1.54, 1.807) is 13.8 Å². The van der Waals surface area contributed by atoms with E-state index in [2.05, 4.69) is 5.32 Å². The van der Waals surface area contributed by atoms with Crippen molar-refractivity contribution in [2.45, 2.75) is 19.3 Å². The highest BCUT2D eigenvalue weighted by Crippen LogP contribution is 2.46. The Labute approximate surface area is 96.6 Å². The van der Waals surface area contributed by atoms with E-state index in [9.17, 15) is 14.9 Å². The maximum Gasteiger partial charge on any atom is 0.293 e. The summed E-state index contributed by atoms with van der Waals surface area (Å²) in [4.78, 5) is 22.0. The highest BCUT2D eigenvalue weighted by atomic mass is 35.5. The number of hydrogen-bond donors (Lipinski definition) is 1. The van der Waals surface area contributed by atoms with Gasteiger partial charge in [-0.3, -0.25) is 14.9 Å². The fourth-order valence-corrected chi connectivity index (χ4v) is 2.23. The summed E-state index contributed by atoms with van der Waals surface area (Å²) in [6, 6.07) is 2.74. The van der Waals surface area contributed by atoms with E-state index >= 15 is 0 Å². The third-order valence-corrected chi connectivity index (χ3v) is 3.08. The number of fused-ring (bicyclic) bond motifs is 1. The Kier molecular flexibility index (Phi) is 2.17. The minimum absolute atomic E-state index is 0.127. The Balaban J connectivity index is 2.77. The number of nitrogens with one attached hydrogen (secondary N) is 1. The molecule has 0 unspecified atom stereocenters. The molecule has 0 spiro atoms. The van der Waals surface area contributed by atoms with Crippen LogP contribution >= 0.6 is 11.6 Å². The summed E-state index contributed by atoms with van der Waals surface area (Å²) in [5, 5.41) is 13.7. The minimum atomic E-state index is -0.835. The second kappa shape index (κ2) is 3.18. The van der Waals surface area contributed by atoms with Gasteiger partial charge in [0.25, 0.3) is 5.69 Å². The molecule has 1 aliphatic rings. The van der Waals surface area contributed by atoms with Crippen molar-refractivity contribution in [3.8, 4) is 0 Å². The van der Waals surface area contributed by atoms with Crippen LogP contribution < -0.4 is 5.32 Å². The van der Waals surface area contributed by atoms with E-state index in [1.807, 2.05) is 0 Å². The maximum atomic E-state index is 11.7. The van der Waals surface area contributed by atoms with Crippen molar-refractivity contribution in [2.24, 2.45) is 0 Å². The average Bonchev–Trinajstić information content (AvgIpc) is 2.38. The number of rotatable bonds is 1. The zero-order chi connectivity index (χ0) is 12.1. The van der Waals surface area contributed by atoms with Gasteiger partial charge in [-0.2, -0.15) is 0 Å². The van der Waals surface area contributed by atoms with E-state index in [4.69, 9.17) is 11.6 Å². The molecule has 1 aromatic rings. The molecule has 1 aliphatic heterocycles. The molecule has 84 valence electrons. The second-order valence-electron chi connectivity index (χ2n) is 4.15. The number of nitrogens with zero attached hydrogens (tertiary/aromatic N) is 1. The zero-order valence-corrected chi connectivity index (χ0v) is 9.46. The zero-order valence-electron chi connectivity index (χ0n) is 8.70. The van der Waals surface area contributed by atoms with Gasteiger partial charge in [-0.05, 0) is 19.9 Å². The molecule has 0 atom stereocenters. The van der Waals surface area contributed by atoms with Crippen LogP contribution in [0, 0.1) is 10.1 Å². The molecule has 0 saturated heterocycles. The molecule has 16 heavy (non-hydrogen) atoms. The lowest BCUT2D eigenvalue weighted by Gasteiger charge is -2.15. The van der Waals surface area contributed by atoms with E-state index < -0.39 is 10.3 Å². The van der Waals surface area contributed by atoms with Gasteiger partial charge in [0.1, 0.15) is 5.69 Å². The molecule has 0 radical (unpaired) electrons. The summed E-state index contributed by atoms with van der Waals surface area (Å²) in [5.41, 5.74) is -0.252. The number of amides is 1. The van der Waals surface area contributed by atoms with Gasteiger partial charge < -0.3 is 5.32 Å². The van der Waals surface area contributed by atoms with Gasteiger partial charge in [-0.15, -0.1) is 0 Å².